The van der Waals surface area contributed by atoms with Gasteiger partial charge in [0, 0.05) is 41.9 Å². The smallest absolute Gasteiger partial charge is 0.247 e. The molecule has 4 aromatic heterocycles. The van der Waals surface area contributed by atoms with Gasteiger partial charge in [-0.1, -0.05) is 24.3 Å². The molecule has 5 N–H and O–H groups in total. The van der Waals surface area contributed by atoms with Crippen molar-refractivity contribution < 1.29 is 0 Å². The molecule has 156 valence electrons. The molecule has 31 heavy (non-hydrogen) atoms. The number of aryl methyl sites for hydroxylation is 1. The third-order valence-electron chi connectivity index (χ3n) is 5.28. The monoisotopic (exact) mass is 414 g/mol. The maximum atomic E-state index is 11.2. The molecule has 1 aromatic carbocycles. The second-order valence-corrected chi connectivity index (χ2v) is 7.36. The molecule has 0 unspecified atom stereocenters. The van der Waals surface area contributed by atoms with E-state index >= 15 is 0 Å². The average molecular weight is 414 g/mol. The number of fused-ring (bicyclic) bond motifs is 2. The van der Waals surface area contributed by atoms with Gasteiger partial charge in [-0.25, -0.2) is 4.98 Å². The summed E-state index contributed by atoms with van der Waals surface area (Å²) >= 11 is 0. The molecule has 5 rings (SSSR count). The van der Waals surface area contributed by atoms with Gasteiger partial charge < -0.3 is 25.6 Å². The van der Waals surface area contributed by atoms with E-state index in [2.05, 4.69) is 65.7 Å². The molecule has 0 fully saturated rings. The molecule has 0 aliphatic carbocycles. The van der Waals surface area contributed by atoms with Crippen molar-refractivity contribution in [2.75, 3.05) is 17.2 Å². The lowest BCUT2D eigenvalue weighted by atomic mass is 10.1. The van der Waals surface area contributed by atoms with Crippen LogP contribution in [-0.4, -0.2) is 36.4 Å². The number of hydrogen-bond donors (Lipinski definition) is 5. The van der Waals surface area contributed by atoms with E-state index < -0.39 is 0 Å². The van der Waals surface area contributed by atoms with E-state index in [0.717, 1.165) is 23.0 Å². The van der Waals surface area contributed by atoms with Crippen LogP contribution in [0.5, 0.6) is 0 Å². The fourth-order valence-electron chi connectivity index (χ4n) is 3.73. The summed E-state index contributed by atoms with van der Waals surface area (Å²) in [5.41, 5.74) is 5.76. The van der Waals surface area contributed by atoms with Crippen LogP contribution in [0.25, 0.3) is 22.1 Å². The summed E-state index contributed by atoms with van der Waals surface area (Å²) < 4.78 is 0. The average Bonchev–Trinajstić information content (AvgIpc) is 3.37. The number of nitrogens with one attached hydrogen (secondary N) is 5. The lowest BCUT2D eigenvalue weighted by Gasteiger charge is -2.10. The van der Waals surface area contributed by atoms with Gasteiger partial charge >= 0.3 is 0 Å². The van der Waals surface area contributed by atoms with Crippen molar-refractivity contribution in [1.29, 1.82) is 0 Å². The Bertz CT molecular complexity index is 1390. The number of pyridine rings is 1. The highest BCUT2D eigenvalue weighted by atomic mass is 16.1. The van der Waals surface area contributed by atoms with Crippen molar-refractivity contribution >= 4 is 33.8 Å². The lowest BCUT2D eigenvalue weighted by molar-refractivity contribution is 0.979. The number of hydrogen-bond acceptors (Lipinski definition) is 6. The molecule has 0 spiro atoms. The number of aromatic amines is 3. The molecule has 9 nitrogen and oxygen atoms in total. The third kappa shape index (κ3) is 3.85. The molecular formula is C22H22N8O. The van der Waals surface area contributed by atoms with Crippen molar-refractivity contribution in [3.05, 3.63) is 76.1 Å². The van der Waals surface area contributed by atoms with Crippen LogP contribution in [0.2, 0.25) is 0 Å². The molecule has 0 saturated heterocycles. The Morgan fingerprint density at radius 2 is 1.94 bits per heavy atom. The number of para-hydroxylation sites is 1. The van der Waals surface area contributed by atoms with Crippen LogP contribution in [0.4, 0.5) is 11.8 Å². The molecule has 0 atom stereocenters. The minimum Gasteiger partial charge on any atom is -0.364 e. The molecule has 9 heteroatoms. The van der Waals surface area contributed by atoms with E-state index in [1.54, 1.807) is 18.6 Å². The summed E-state index contributed by atoms with van der Waals surface area (Å²) in [6.07, 6.45) is 4.13. The Kier molecular flexibility index (Phi) is 4.83. The maximum absolute atomic E-state index is 11.2. The maximum Gasteiger partial charge on any atom is 0.247 e. The first-order valence-electron chi connectivity index (χ1n) is 10.1. The predicted molar refractivity (Wildman–Crippen MR) is 121 cm³/mol. The molecule has 0 saturated carbocycles. The van der Waals surface area contributed by atoms with Gasteiger partial charge in [-0.15, -0.1) is 0 Å². The van der Waals surface area contributed by atoms with Crippen LogP contribution in [0.1, 0.15) is 16.8 Å². The zero-order chi connectivity index (χ0) is 21.2. The molecule has 0 radical (unpaired) electrons. The quantitative estimate of drug-likeness (QED) is 0.278. The number of anilines is 2. The number of nitrogens with zero attached hydrogens (tertiary/aromatic N) is 3. The third-order valence-corrected chi connectivity index (χ3v) is 5.28. The molecule has 5 aromatic rings. The van der Waals surface area contributed by atoms with Gasteiger partial charge in [-0.05, 0) is 30.5 Å². The fraction of sp³-hybridized carbons (Fsp3) is 0.182. The van der Waals surface area contributed by atoms with Crippen LogP contribution >= 0.6 is 0 Å². The molecule has 0 bridgehead atoms. The SMILES string of the molecule is Cc1[nH]c2ccccc2c1CCNc1nc(NCc2ccc(=O)[nH]c2)c2[nH]cnc2n1. The summed E-state index contributed by atoms with van der Waals surface area (Å²) in [6.45, 7) is 3.30. The van der Waals surface area contributed by atoms with Crippen LogP contribution in [0.3, 0.4) is 0 Å². The highest BCUT2D eigenvalue weighted by Gasteiger charge is 2.11. The highest BCUT2D eigenvalue weighted by molar-refractivity contribution is 5.85. The number of H-pyrrole nitrogens is 3. The van der Waals surface area contributed by atoms with Crippen LogP contribution in [-0.2, 0) is 13.0 Å². The molecule has 0 aliphatic rings. The lowest BCUT2D eigenvalue weighted by Crippen LogP contribution is -2.11. The van der Waals surface area contributed by atoms with Crippen molar-refractivity contribution in [2.24, 2.45) is 0 Å². The van der Waals surface area contributed by atoms with Crippen molar-refractivity contribution in [3.63, 3.8) is 0 Å². The molecule has 0 aliphatic heterocycles. The number of benzene rings is 1. The van der Waals surface area contributed by atoms with Crippen LogP contribution in [0.15, 0.2) is 53.7 Å². The summed E-state index contributed by atoms with van der Waals surface area (Å²) in [6, 6.07) is 11.6. The van der Waals surface area contributed by atoms with E-state index in [1.807, 2.05) is 6.07 Å². The van der Waals surface area contributed by atoms with E-state index in [4.69, 9.17) is 0 Å². The van der Waals surface area contributed by atoms with E-state index in [9.17, 15) is 4.79 Å². The van der Waals surface area contributed by atoms with Gasteiger partial charge in [0.2, 0.25) is 11.5 Å². The largest absolute Gasteiger partial charge is 0.364 e. The Morgan fingerprint density at radius 3 is 2.81 bits per heavy atom. The first kappa shape index (κ1) is 18.9. The number of aromatic nitrogens is 6. The zero-order valence-corrected chi connectivity index (χ0v) is 17.0. The fourth-order valence-corrected chi connectivity index (χ4v) is 3.73. The van der Waals surface area contributed by atoms with Crippen LogP contribution < -0.4 is 16.2 Å². The first-order valence-corrected chi connectivity index (χ1v) is 10.1. The Hall–Kier alpha value is -4.14. The van der Waals surface area contributed by atoms with Gasteiger partial charge in [-0.2, -0.15) is 9.97 Å². The topological polar surface area (TPSA) is 127 Å². The molecule has 4 heterocycles. The highest BCUT2D eigenvalue weighted by Crippen LogP contribution is 2.23. The van der Waals surface area contributed by atoms with Gasteiger partial charge in [-0.3, -0.25) is 4.79 Å². The van der Waals surface area contributed by atoms with Crippen LogP contribution in [0, 0.1) is 6.92 Å². The van der Waals surface area contributed by atoms with Gasteiger partial charge in [0.1, 0.15) is 5.52 Å². The standard InChI is InChI=1S/C22H22N8O/c1-13-15(16-4-2-3-5-17(16)28-13)8-9-23-22-29-20(19-21(30-22)27-12-26-19)25-11-14-6-7-18(31)24-10-14/h2-7,10,12,28H,8-9,11H2,1H3,(H,24,31)(H3,23,25,26,27,29,30). The number of rotatable bonds is 7. The van der Waals surface area contributed by atoms with E-state index in [-0.39, 0.29) is 5.56 Å². The minimum absolute atomic E-state index is 0.126. The van der Waals surface area contributed by atoms with Crippen molar-refractivity contribution in [1.82, 2.24) is 29.9 Å². The predicted octanol–water partition coefficient (Wildman–Crippen LogP) is 3.10. The van der Waals surface area contributed by atoms with Gasteiger partial charge in [0.15, 0.2) is 11.5 Å². The van der Waals surface area contributed by atoms with E-state index in [1.165, 1.54) is 22.7 Å². The first-order chi connectivity index (χ1) is 15.2. The Labute approximate surface area is 177 Å². The van der Waals surface area contributed by atoms with Gasteiger partial charge in [0.25, 0.3) is 0 Å². The Morgan fingerprint density at radius 1 is 1.03 bits per heavy atom. The number of imidazole rings is 1. The van der Waals surface area contributed by atoms with Gasteiger partial charge in [0.05, 0.1) is 6.33 Å². The zero-order valence-electron chi connectivity index (χ0n) is 17.0. The summed E-state index contributed by atoms with van der Waals surface area (Å²) in [4.78, 5) is 33.8. The normalized spacial score (nSPS) is 11.3. The summed E-state index contributed by atoms with van der Waals surface area (Å²) in [5.74, 6) is 1.17. The summed E-state index contributed by atoms with van der Waals surface area (Å²) in [5, 5.41) is 7.87. The second-order valence-electron chi connectivity index (χ2n) is 7.36. The second kappa shape index (κ2) is 7.94. The minimum atomic E-state index is -0.126. The van der Waals surface area contributed by atoms with Crippen molar-refractivity contribution in [2.45, 2.75) is 19.9 Å². The molecular weight excluding hydrogens is 392 g/mol. The van der Waals surface area contributed by atoms with E-state index in [0.29, 0.717) is 30.5 Å². The molecule has 0 amide bonds. The van der Waals surface area contributed by atoms with Crippen molar-refractivity contribution in [3.8, 4) is 0 Å². The summed E-state index contributed by atoms with van der Waals surface area (Å²) in [7, 11) is 0. The Balaban J connectivity index is 1.32.